The molecule has 0 aliphatic carbocycles. The van der Waals surface area contributed by atoms with Gasteiger partial charge >= 0.3 is 5.97 Å². The van der Waals surface area contributed by atoms with E-state index in [0.717, 1.165) is 11.3 Å². The van der Waals surface area contributed by atoms with E-state index in [2.05, 4.69) is 10.1 Å². The van der Waals surface area contributed by atoms with Crippen LogP contribution in [0.15, 0.2) is 30.9 Å². The number of aliphatic carboxylic acids is 1. The first-order chi connectivity index (χ1) is 11.1. The Hall–Kier alpha value is -2.70. The third kappa shape index (κ3) is 3.08. The first-order valence-corrected chi connectivity index (χ1v) is 7.54. The van der Waals surface area contributed by atoms with E-state index in [4.69, 9.17) is 5.11 Å². The smallest absolute Gasteiger partial charge is 0.306 e. The molecule has 1 saturated heterocycles. The van der Waals surface area contributed by atoms with Crippen LogP contribution in [-0.4, -0.2) is 49.7 Å². The molecule has 0 unspecified atom stereocenters. The van der Waals surface area contributed by atoms with E-state index in [9.17, 15) is 9.59 Å². The lowest BCUT2D eigenvalue weighted by Gasteiger charge is -2.30. The second-order valence-corrected chi connectivity index (χ2v) is 5.75. The minimum absolute atomic E-state index is 0.0536. The summed E-state index contributed by atoms with van der Waals surface area (Å²) in [6, 6.07) is 5.46. The number of aromatic nitrogens is 3. The third-order valence-corrected chi connectivity index (χ3v) is 4.24. The van der Waals surface area contributed by atoms with Gasteiger partial charge in [0.1, 0.15) is 12.7 Å². The molecule has 0 bridgehead atoms. The molecule has 120 valence electrons. The molecule has 1 aromatic heterocycles. The third-order valence-electron chi connectivity index (χ3n) is 4.24. The molecule has 0 atom stereocenters. The minimum atomic E-state index is -0.773. The molecule has 7 nitrogen and oxygen atoms in total. The van der Waals surface area contributed by atoms with Crippen LogP contribution in [0.4, 0.5) is 0 Å². The number of carbonyl (C=O) groups is 2. The lowest BCUT2D eigenvalue weighted by Crippen LogP contribution is -2.40. The standard InChI is InChI=1S/C16H18N4O3/c1-11-8-13(2-3-14(11)20-10-17-9-18-20)15(21)19-6-4-12(5-7-19)16(22)23/h2-3,8-10,12H,4-7H2,1H3,(H,22,23). The highest BCUT2D eigenvalue weighted by atomic mass is 16.4. The van der Waals surface area contributed by atoms with Crippen molar-refractivity contribution in [3.05, 3.63) is 42.0 Å². The topological polar surface area (TPSA) is 88.3 Å². The summed E-state index contributed by atoms with van der Waals surface area (Å²) < 4.78 is 1.65. The Morgan fingerprint density at radius 2 is 2.00 bits per heavy atom. The van der Waals surface area contributed by atoms with Gasteiger partial charge in [0.15, 0.2) is 0 Å². The highest BCUT2D eigenvalue weighted by Gasteiger charge is 2.27. The summed E-state index contributed by atoms with van der Waals surface area (Å²) in [5, 5.41) is 13.1. The van der Waals surface area contributed by atoms with Gasteiger partial charge in [0.2, 0.25) is 0 Å². The Balaban J connectivity index is 1.74. The number of amides is 1. The first kappa shape index (κ1) is 15.2. The van der Waals surface area contributed by atoms with Crippen LogP contribution in [0.2, 0.25) is 0 Å². The van der Waals surface area contributed by atoms with E-state index in [0.29, 0.717) is 31.5 Å². The predicted octanol–water partition coefficient (Wildman–Crippen LogP) is 1.51. The van der Waals surface area contributed by atoms with Crippen molar-refractivity contribution in [1.82, 2.24) is 19.7 Å². The molecular weight excluding hydrogens is 296 g/mol. The van der Waals surface area contributed by atoms with Crippen LogP contribution in [0, 0.1) is 12.8 Å². The average Bonchev–Trinajstić information content (AvgIpc) is 3.08. The van der Waals surface area contributed by atoms with E-state index in [1.165, 1.54) is 6.33 Å². The van der Waals surface area contributed by atoms with Crippen molar-refractivity contribution < 1.29 is 14.7 Å². The quantitative estimate of drug-likeness (QED) is 0.928. The molecule has 1 aliphatic heterocycles. The first-order valence-electron chi connectivity index (χ1n) is 7.54. The number of benzene rings is 1. The van der Waals surface area contributed by atoms with E-state index in [1.54, 1.807) is 22.0 Å². The molecule has 0 spiro atoms. The van der Waals surface area contributed by atoms with Crippen LogP contribution in [0.3, 0.4) is 0 Å². The second-order valence-electron chi connectivity index (χ2n) is 5.75. The van der Waals surface area contributed by atoms with Crippen molar-refractivity contribution >= 4 is 11.9 Å². The Bertz CT molecular complexity index is 719. The number of hydrogen-bond donors (Lipinski definition) is 1. The summed E-state index contributed by atoms with van der Waals surface area (Å²) in [4.78, 5) is 29.2. The zero-order valence-corrected chi connectivity index (χ0v) is 12.8. The molecule has 1 fully saturated rings. The van der Waals surface area contributed by atoms with Crippen molar-refractivity contribution in [3.8, 4) is 5.69 Å². The number of carboxylic acids is 1. The van der Waals surface area contributed by atoms with Gasteiger partial charge in [-0.3, -0.25) is 9.59 Å². The van der Waals surface area contributed by atoms with Crippen molar-refractivity contribution in [2.45, 2.75) is 19.8 Å². The van der Waals surface area contributed by atoms with Gasteiger partial charge < -0.3 is 10.0 Å². The van der Waals surface area contributed by atoms with Crippen LogP contribution in [0.5, 0.6) is 0 Å². The number of nitrogens with zero attached hydrogens (tertiary/aromatic N) is 4. The Morgan fingerprint density at radius 3 is 2.57 bits per heavy atom. The summed E-state index contributed by atoms with van der Waals surface area (Å²) in [5.41, 5.74) is 2.42. The lowest BCUT2D eigenvalue weighted by atomic mass is 9.96. The molecule has 0 saturated carbocycles. The minimum Gasteiger partial charge on any atom is -0.481 e. The number of likely N-dealkylation sites (tertiary alicyclic amines) is 1. The molecule has 1 N–H and O–H groups in total. The van der Waals surface area contributed by atoms with Crippen molar-refractivity contribution in [2.75, 3.05) is 13.1 Å². The van der Waals surface area contributed by atoms with Crippen LogP contribution >= 0.6 is 0 Å². The monoisotopic (exact) mass is 314 g/mol. The molecule has 1 amide bonds. The fourth-order valence-corrected chi connectivity index (χ4v) is 2.89. The molecule has 2 aromatic rings. The van der Waals surface area contributed by atoms with E-state index >= 15 is 0 Å². The number of piperidine rings is 1. The van der Waals surface area contributed by atoms with Crippen molar-refractivity contribution in [1.29, 1.82) is 0 Å². The maximum absolute atomic E-state index is 12.6. The molecule has 7 heteroatoms. The maximum atomic E-state index is 12.6. The Morgan fingerprint density at radius 1 is 1.26 bits per heavy atom. The van der Waals surface area contributed by atoms with Gasteiger partial charge in [0.25, 0.3) is 5.91 Å². The van der Waals surface area contributed by atoms with Crippen LogP contribution < -0.4 is 0 Å². The van der Waals surface area contributed by atoms with E-state index in [1.807, 2.05) is 19.1 Å². The summed E-state index contributed by atoms with van der Waals surface area (Å²) in [6.07, 6.45) is 4.10. The highest BCUT2D eigenvalue weighted by Crippen LogP contribution is 2.21. The van der Waals surface area contributed by atoms with Crippen LogP contribution in [0.1, 0.15) is 28.8 Å². The van der Waals surface area contributed by atoms with Gasteiger partial charge in [-0.2, -0.15) is 5.10 Å². The lowest BCUT2D eigenvalue weighted by molar-refractivity contribution is -0.143. The molecule has 0 radical (unpaired) electrons. The molecule has 1 aliphatic rings. The summed E-state index contributed by atoms with van der Waals surface area (Å²) in [7, 11) is 0. The number of hydrogen-bond acceptors (Lipinski definition) is 4. The van der Waals surface area contributed by atoms with Crippen LogP contribution in [0.25, 0.3) is 5.69 Å². The van der Waals surface area contributed by atoms with Gasteiger partial charge in [0.05, 0.1) is 11.6 Å². The average molecular weight is 314 g/mol. The largest absolute Gasteiger partial charge is 0.481 e. The van der Waals surface area contributed by atoms with Gasteiger partial charge in [-0.1, -0.05) is 0 Å². The number of carboxylic acid groups (broad SMARTS) is 1. The number of rotatable bonds is 3. The summed E-state index contributed by atoms with van der Waals surface area (Å²) in [5.74, 6) is -1.16. The summed E-state index contributed by atoms with van der Waals surface area (Å²) in [6.45, 7) is 2.89. The highest BCUT2D eigenvalue weighted by molar-refractivity contribution is 5.94. The predicted molar refractivity (Wildman–Crippen MR) is 82.4 cm³/mol. The molecule has 23 heavy (non-hydrogen) atoms. The van der Waals surface area contributed by atoms with E-state index in [-0.39, 0.29) is 11.8 Å². The van der Waals surface area contributed by atoms with Gasteiger partial charge in [-0.05, 0) is 43.5 Å². The van der Waals surface area contributed by atoms with E-state index < -0.39 is 5.97 Å². The second kappa shape index (κ2) is 6.20. The SMILES string of the molecule is Cc1cc(C(=O)N2CCC(C(=O)O)CC2)ccc1-n1cncn1. The summed E-state index contributed by atoms with van der Waals surface area (Å²) >= 11 is 0. The Kier molecular flexibility index (Phi) is 4.10. The van der Waals surface area contributed by atoms with Gasteiger partial charge in [-0.25, -0.2) is 9.67 Å². The van der Waals surface area contributed by atoms with Gasteiger partial charge in [-0.15, -0.1) is 0 Å². The van der Waals surface area contributed by atoms with Crippen molar-refractivity contribution in [3.63, 3.8) is 0 Å². The zero-order chi connectivity index (χ0) is 16.4. The molecular formula is C16H18N4O3. The normalized spacial score (nSPS) is 15.6. The van der Waals surface area contributed by atoms with Gasteiger partial charge in [0, 0.05) is 18.7 Å². The van der Waals surface area contributed by atoms with Crippen LogP contribution in [-0.2, 0) is 4.79 Å². The molecule has 3 rings (SSSR count). The maximum Gasteiger partial charge on any atom is 0.306 e. The zero-order valence-electron chi connectivity index (χ0n) is 12.8. The number of aryl methyl sites for hydroxylation is 1. The number of carbonyl (C=O) groups excluding carboxylic acids is 1. The molecule has 1 aromatic carbocycles. The fourth-order valence-electron chi connectivity index (χ4n) is 2.89. The fraction of sp³-hybridized carbons (Fsp3) is 0.375. The Labute approximate surface area is 133 Å². The molecule has 2 heterocycles. The van der Waals surface area contributed by atoms with Crippen molar-refractivity contribution in [2.24, 2.45) is 5.92 Å².